The van der Waals surface area contributed by atoms with Crippen LogP contribution in [0.2, 0.25) is 0 Å². The molecule has 1 aromatic carbocycles. The summed E-state index contributed by atoms with van der Waals surface area (Å²) in [6, 6.07) is 8.61. The van der Waals surface area contributed by atoms with E-state index in [1.165, 1.54) is 29.8 Å². The van der Waals surface area contributed by atoms with Gasteiger partial charge in [0.15, 0.2) is 4.80 Å². The summed E-state index contributed by atoms with van der Waals surface area (Å²) in [5, 5.41) is 1.91. The number of hydrogen-bond donors (Lipinski definition) is 0. The lowest BCUT2D eigenvalue weighted by Gasteiger charge is -2.22. The van der Waals surface area contributed by atoms with Gasteiger partial charge in [0.1, 0.15) is 17.5 Å². The molecule has 1 aliphatic heterocycles. The minimum Gasteiger partial charge on any atom is -0.497 e. The average molecular weight is 457 g/mol. The molecule has 0 amide bonds. The van der Waals surface area contributed by atoms with Gasteiger partial charge in [0.05, 0.1) is 37.1 Å². The molecule has 0 fully saturated rings. The molecule has 4 rings (SSSR count). The first-order valence-electron chi connectivity index (χ1n) is 9.34. The second kappa shape index (κ2) is 8.52. The van der Waals surface area contributed by atoms with Crippen molar-refractivity contribution in [1.29, 1.82) is 0 Å². The van der Waals surface area contributed by atoms with Crippen LogP contribution in [-0.2, 0) is 9.53 Å². The zero-order valence-electron chi connectivity index (χ0n) is 17.4. The molecule has 0 N–H and O–H groups in total. The Bertz CT molecular complexity index is 1350. The molecule has 7 nitrogen and oxygen atoms in total. The molecule has 1 aliphatic rings. The van der Waals surface area contributed by atoms with Gasteiger partial charge < -0.3 is 14.2 Å². The summed E-state index contributed by atoms with van der Waals surface area (Å²) in [4.78, 5) is 32.0. The number of nitrogens with zero attached hydrogens (tertiary/aromatic N) is 2. The second-order valence-corrected chi connectivity index (χ2v) is 8.69. The average Bonchev–Trinajstić information content (AvgIpc) is 3.41. The smallest absolute Gasteiger partial charge is 0.338 e. The number of methoxy groups -OCH3 is 3. The maximum Gasteiger partial charge on any atom is 0.338 e. The van der Waals surface area contributed by atoms with Crippen LogP contribution in [0.1, 0.15) is 23.4 Å². The maximum absolute atomic E-state index is 13.5. The van der Waals surface area contributed by atoms with E-state index in [4.69, 9.17) is 14.2 Å². The van der Waals surface area contributed by atoms with Crippen molar-refractivity contribution in [3.05, 3.63) is 77.1 Å². The molecule has 0 bridgehead atoms. The van der Waals surface area contributed by atoms with Crippen molar-refractivity contribution >= 4 is 34.7 Å². The fraction of sp³-hybridized carbons (Fsp3) is 0.227. The minimum atomic E-state index is -0.580. The lowest BCUT2D eigenvalue weighted by atomic mass is 10.0. The van der Waals surface area contributed by atoms with Crippen LogP contribution < -0.4 is 24.4 Å². The van der Waals surface area contributed by atoms with Crippen molar-refractivity contribution in [2.24, 2.45) is 4.99 Å². The van der Waals surface area contributed by atoms with E-state index < -0.39 is 12.0 Å². The minimum absolute atomic E-state index is 0.228. The predicted octanol–water partition coefficient (Wildman–Crippen LogP) is 2.49. The van der Waals surface area contributed by atoms with E-state index in [0.717, 1.165) is 10.4 Å². The number of rotatable bonds is 5. The molecular weight excluding hydrogens is 436 g/mol. The third-order valence-electron chi connectivity index (χ3n) is 4.97. The van der Waals surface area contributed by atoms with Gasteiger partial charge in [-0.3, -0.25) is 9.36 Å². The number of hydrogen-bond acceptors (Lipinski definition) is 8. The third kappa shape index (κ3) is 3.70. The molecule has 3 heterocycles. The van der Waals surface area contributed by atoms with Crippen LogP contribution in [0.3, 0.4) is 0 Å². The van der Waals surface area contributed by atoms with Gasteiger partial charge >= 0.3 is 5.97 Å². The molecule has 0 radical (unpaired) electrons. The molecule has 1 atom stereocenters. The normalized spacial score (nSPS) is 16.0. The maximum atomic E-state index is 13.5. The number of ether oxygens (including phenoxy) is 3. The zero-order chi connectivity index (χ0) is 22.1. The Labute approximate surface area is 186 Å². The van der Waals surface area contributed by atoms with Crippen LogP contribution >= 0.6 is 22.7 Å². The number of fused-ring (bicyclic) bond motifs is 1. The Hall–Kier alpha value is -3.17. The Kier molecular flexibility index (Phi) is 5.79. The topological polar surface area (TPSA) is 79.1 Å². The summed E-state index contributed by atoms with van der Waals surface area (Å²) in [7, 11) is 4.48. The fourth-order valence-corrected chi connectivity index (χ4v) is 5.35. The molecular formula is C22H20N2O5S2. The first kappa shape index (κ1) is 21.1. The van der Waals surface area contributed by atoms with Crippen molar-refractivity contribution in [1.82, 2.24) is 4.57 Å². The van der Waals surface area contributed by atoms with Crippen LogP contribution in [0.25, 0.3) is 6.08 Å². The molecule has 2 aromatic heterocycles. The SMILES string of the molecule is COC(=O)C1=C(C)N=c2s/c(=C\c3ccc(OC)cc3OC)c(=O)n2[C@@H]1c1cccs1. The lowest BCUT2D eigenvalue weighted by Crippen LogP contribution is -2.39. The number of carbonyl (C=O) groups is 1. The number of carbonyl (C=O) groups excluding carboxylic acids is 1. The van der Waals surface area contributed by atoms with Gasteiger partial charge in [-0.2, -0.15) is 0 Å². The zero-order valence-corrected chi connectivity index (χ0v) is 19.0. The second-order valence-electron chi connectivity index (χ2n) is 6.70. The van der Waals surface area contributed by atoms with Crippen molar-refractivity contribution in [2.75, 3.05) is 21.3 Å². The largest absolute Gasteiger partial charge is 0.497 e. The van der Waals surface area contributed by atoms with Crippen molar-refractivity contribution in [2.45, 2.75) is 13.0 Å². The third-order valence-corrected chi connectivity index (χ3v) is 6.87. The highest BCUT2D eigenvalue weighted by Gasteiger charge is 2.33. The Morgan fingerprint density at radius 3 is 2.65 bits per heavy atom. The summed E-state index contributed by atoms with van der Waals surface area (Å²) in [5.41, 5.74) is 1.42. The molecule has 160 valence electrons. The number of thiazole rings is 1. The highest BCUT2D eigenvalue weighted by molar-refractivity contribution is 7.10. The number of esters is 1. The van der Waals surface area contributed by atoms with Crippen molar-refractivity contribution < 1.29 is 19.0 Å². The Balaban J connectivity index is 1.94. The number of benzene rings is 1. The molecule has 3 aromatic rings. The lowest BCUT2D eigenvalue weighted by molar-refractivity contribution is -0.136. The van der Waals surface area contributed by atoms with E-state index in [-0.39, 0.29) is 5.56 Å². The monoisotopic (exact) mass is 456 g/mol. The van der Waals surface area contributed by atoms with E-state index >= 15 is 0 Å². The van der Waals surface area contributed by atoms with Crippen LogP contribution in [0.5, 0.6) is 11.5 Å². The Morgan fingerprint density at radius 2 is 2.00 bits per heavy atom. The summed E-state index contributed by atoms with van der Waals surface area (Å²) in [5.74, 6) is 0.753. The van der Waals surface area contributed by atoms with E-state index in [1.54, 1.807) is 43.9 Å². The van der Waals surface area contributed by atoms with Gasteiger partial charge in [-0.15, -0.1) is 11.3 Å². The highest BCUT2D eigenvalue weighted by Crippen LogP contribution is 2.33. The van der Waals surface area contributed by atoms with Crippen LogP contribution in [-0.4, -0.2) is 31.9 Å². The van der Waals surface area contributed by atoms with Crippen LogP contribution in [0.15, 0.2) is 56.8 Å². The summed E-state index contributed by atoms with van der Waals surface area (Å²) in [6.07, 6.45) is 1.77. The van der Waals surface area contributed by atoms with E-state index in [0.29, 0.717) is 32.1 Å². The standard InChI is InChI=1S/C22H20N2O5S2/c1-12-18(21(26)29-4)19(16-6-5-9-30-16)24-20(25)17(31-22(24)23-12)10-13-7-8-14(27-2)11-15(13)28-3/h5-11,19H,1-4H3/b17-10-/t19-/m1/s1. The van der Waals surface area contributed by atoms with Crippen LogP contribution in [0, 0.1) is 0 Å². The van der Waals surface area contributed by atoms with Gasteiger partial charge in [-0.05, 0) is 36.6 Å². The van der Waals surface area contributed by atoms with Crippen molar-refractivity contribution in [3.8, 4) is 11.5 Å². The number of aromatic nitrogens is 1. The molecule has 0 unspecified atom stereocenters. The fourth-order valence-electron chi connectivity index (χ4n) is 3.49. The van der Waals surface area contributed by atoms with Gasteiger partial charge in [0, 0.05) is 16.5 Å². The highest BCUT2D eigenvalue weighted by atomic mass is 32.1. The molecule has 0 saturated carbocycles. The Morgan fingerprint density at radius 1 is 1.19 bits per heavy atom. The van der Waals surface area contributed by atoms with Gasteiger partial charge in [-0.1, -0.05) is 17.4 Å². The van der Waals surface area contributed by atoms with Crippen molar-refractivity contribution in [3.63, 3.8) is 0 Å². The van der Waals surface area contributed by atoms with E-state index in [1.807, 2.05) is 23.6 Å². The van der Waals surface area contributed by atoms with Gasteiger partial charge in [0.25, 0.3) is 5.56 Å². The first-order valence-corrected chi connectivity index (χ1v) is 11.0. The quantitative estimate of drug-likeness (QED) is 0.551. The number of allylic oxidation sites excluding steroid dienone is 1. The van der Waals surface area contributed by atoms with Gasteiger partial charge in [-0.25, -0.2) is 9.79 Å². The molecule has 9 heteroatoms. The molecule has 0 spiro atoms. The van der Waals surface area contributed by atoms with E-state index in [2.05, 4.69) is 4.99 Å². The summed E-state index contributed by atoms with van der Waals surface area (Å²) >= 11 is 2.75. The summed E-state index contributed by atoms with van der Waals surface area (Å²) < 4.78 is 17.8. The predicted molar refractivity (Wildman–Crippen MR) is 120 cm³/mol. The van der Waals surface area contributed by atoms with Crippen LogP contribution in [0.4, 0.5) is 0 Å². The molecule has 0 saturated heterocycles. The first-order chi connectivity index (χ1) is 15.0. The molecule has 31 heavy (non-hydrogen) atoms. The molecule has 0 aliphatic carbocycles. The van der Waals surface area contributed by atoms with E-state index in [9.17, 15) is 9.59 Å². The summed E-state index contributed by atoms with van der Waals surface area (Å²) in [6.45, 7) is 1.76. The number of thiophene rings is 1. The van der Waals surface area contributed by atoms with Gasteiger partial charge in [0.2, 0.25) is 0 Å².